The second-order valence-electron chi connectivity index (χ2n) is 3.73. The fourth-order valence-corrected chi connectivity index (χ4v) is 1.65. The summed E-state index contributed by atoms with van der Waals surface area (Å²) in [6.45, 7) is 1.91. The molecule has 1 heterocycles. The van der Waals surface area contributed by atoms with Crippen molar-refractivity contribution < 1.29 is 9.36 Å². The van der Waals surface area contributed by atoms with Crippen LogP contribution in [0.3, 0.4) is 0 Å². The predicted octanol–water partition coefficient (Wildman–Crippen LogP) is 2.42. The monoisotopic (exact) mass is 212 g/mol. The van der Waals surface area contributed by atoms with Gasteiger partial charge in [0.25, 0.3) is 0 Å². The van der Waals surface area contributed by atoms with Gasteiger partial charge >= 0.3 is 0 Å². The SMILES string of the molecule is C[C@@H](C(=O)c1ccccc1)[n+]1ccccc1. The quantitative estimate of drug-likeness (QED) is 0.565. The van der Waals surface area contributed by atoms with Crippen molar-refractivity contribution in [1.29, 1.82) is 0 Å². The van der Waals surface area contributed by atoms with Gasteiger partial charge < -0.3 is 0 Å². The Labute approximate surface area is 95.2 Å². The summed E-state index contributed by atoms with van der Waals surface area (Å²) in [4.78, 5) is 12.1. The number of pyridine rings is 1. The van der Waals surface area contributed by atoms with E-state index in [1.165, 1.54) is 0 Å². The predicted molar refractivity (Wildman–Crippen MR) is 62.1 cm³/mol. The number of hydrogen-bond acceptors (Lipinski definition) is 1. The minimum Gasteiger partial charge on any atom is -0.287 e. The van der Waals surface area contributed by atoms with Crippen LogP contribution in [0.25, 0.3) is 0 Å². The number of ketones is 1. The van der Waals surface area contributed by atoms with Crippen LogP contribution in [0.15, 0.2) is 60.9 Å². The van der Waals surface area contributed by atoms with Crippen molar-refractivity contribution in [2.45, 2.75) is 13.0 Å². The number of benzene rings is 1. The number of carbonyl (C=O) groups excluding carboxylic acids is 1. The summed E-state index contributed by atoms with van der Waals surface area (Å²) in [5.74, 6) is 0.136. The first kappa shape index (κ1) is 10.6. The molecule has 0 saturated heterocycles. The van der Waals surface area contributed by atoms with Gasteiger partial charge in [-0.05, 0) is 0 Å². The molecule has 0 aliphatic carbocycles. The van der Waals surface area contributed by atoms with Crippen molar-refractivity contribution in [3.63, 3.8) is 0 Å². The molecule has 2 heteroatoms. The Morgan fingerprint density at radius 2 is 1.56 bits per heavy atom. The summed E-state index contributed by atoms with van der Waals surface area (Å²) >= 11 is 0. The van der Waals surface area contributed by atoms with Crippen LogP contribution >= 0.6 is 0 Å². The van der Waals surface area contributed by atoms with Gasteiger partial charge in [-0.3, -0.25) is 4.79 Å². The average Bonchev–Trinajstić information content (AvgIpc) is 2.39. The summed E-state index contributed by atoms with van der Waals surface area (Å²) in [6.07, 6.45) is 3.82. The van der Waals surface area contributed by atoms with Gasteiger partial charge in [-0.1, -0.05) is 36.4 Å². The summed E-state index contributed by atoms with van der Waals surface area (Å²) in [5.41, 5.74) is 0.756. The van der Waals surface area contributed by atoms with Gasteiger partial charge in [0.1, 0.15) is 0 Å². The van der Waals surface area contributed by atoms with Gasteiger partial charge in [0.2, 0.25) is 11.8 Å². The number of aromatic nitrogens is 1. The van der Waals surface area contributed by atoms with Crippen LogP contribution < -0.4 is 4.57 Å². The summed E-state index contributed by atoms with van der Waals surface area (Å²) in [5, 5.41) is 0. The summed E-state index contributed by atoms with van der Waals surface area (Å²) in [7, 11) is 0. The van der Waals surface area contributed by atoms with Crippen molar-refractivity contribution >= 4 is 5.78 Å². The standard InChI is InChI=1S/C14H14NO/c1-12(15-10-6-3-7-11-15)14(16)13-8-4-2-5-9-13/h2-12H,1H3/q+1/t12-/m0/s1. The molecular formula is C14H14NO+. The molecule has 1 atom stereocenters. The molecule has 0 saturated carbocycles. The molecule has 0 aliphatic rings. The Morgan fingerprint density at radius 1 is 1.00 bits per heavy atom. The van der Waals surface area contributed by atoms with Crippen LogP contribution in [0.1, 0.15) is 23.3 Å². The van der Waals surface area contributed by atoms with Gasteiger partial charge in [-0.25, -0.2) is 0 Å². The molecule has 0 radical (unpaired) electrons. The molecule has 1 aromatic heterocycles. The number of rotatable bonds is 3. The Kier molecular flexibility index (Phi) is 3.10. The molecule has 1 aromatic carbocycles. The van der Waals surface area contributed by atoms with E-state index in [1.54, 1.807) is 0 Å². The number of nitrogens with zero attached hydrogens (tertiary/aromatic N) is 1. The van der Waals surface area contributed by atoms with Crippen LogP contribution in [0.2, 0.25) is 0 Å². The van der Waals surface area contributed by atoms with E-state index in [4.69, 9.17) is 0 Å². The van der Waals surface area contributed by atoms with Gasteiger partial charge in [-0.15, -0.1) is 0 Å². The lowest BCUT2D eigenvalue weighted by Crippen LogP contribution is -2.41. The third-order valence-electron chi connectivity index (χ3n) is 2.62. The Hall–Kier alpha value is -1.96. The van der Waals surface area contributed by atoms with E-state index >= 15 is 0 Å². The first-order valence-electron chi connectivity index (χ1n) is 5.34. The fourth-order valence-electron chi connectivity index (χ4n) is 1.65. The summed E-state index contributed by atoms with van der Waals surface area (Å²) < 4.78 is 1.91. The number of hydrogen-bond donors (Lipinski definition) is 0. The Bertz CT molecular complexity index is 465. The van der Waals surface area contributed by atoms with Crippen LogP contribution in [0.5, 0.6) is 0 Å². The molecule has 0 amide bonds. The van der Waals surface area contributed by atoms with Gasteiger partial charge in [-0.2, -0.15) is 4.57 Å². The maximum Gasteiger partial charge on any atom is 0.230 e. The molecule has 0 spiro atoms. The van der Waals surface area contributed by atoms with Crippen molar-refractivity contribution in [2.75, 3.05) is 0 Å². The average molecular weight is 212 g/mol. The third kappa shape index (κ3) is 2.16. The molecule has 0 aliphatic heterocycles. The van der Waals surface area contributed by atoms with Crippen LogP contribution in [-0.4, -0.2) is 5.78 Å². The third-order valence-corrected chi connectivity index (χ3v) is 2.62. The van der Waals surface area contributed by atoms with Crippen LogP contribution in [0, 0.1) is 0 Å². The lowest BCUT2D eigenvalue weighted by Gasteiger charge is -2.05. The van der Waals surface area contributed by atoms with Crippen molar-refractivity contribution in [3.05, 3.63) is 66.5 Å². The molecule has 2 nitrogen and oxygen atoms in total. The molecule has 16 heavy (non-hydrogen) atoms. The highest BCUT2D eigenvalue weighted by Gasteiger charge is 2.22. The zero-order chi connectivity index (χ0) is 11.4. The lowest BCUT2D eigenvalue weighted by atomic mass is 10.1. The second kappa shape index (κ2) is 4.71. The molecule has 0 unspecified atom stereocenters. The molecule has 0 N–H and O–H groups in total. The lowest BCUT2D eigenvalue weighted by molar-refractivity contribution is -0.704. The first-order valence-corrected chi connectivity index (χ1v) is 5.34. The Morgan fingerprint density at radius 3 is 2.19 bits per heavy atom. The zero-order valence-electron chi connectivity index (χ0n) is 9.21. The first-order chi connectivity index (χ1) is 7.79. The maximum atomic E-state index is 12.1. The van der Waals surface area contributed by atoms with Crippen molar-refractivity contribution in [1.82, 2.24) is 0 Å². The number of Topliss-reactive ketones (excluding diaryl/α,β-unsaturated/α-hetero) is 1. The zero-order valence-corrected chi connectivity index (χ0v) is 9.21. The summed E-state index contributed by atoms with van der Waals surface area (Å²) in [6, 6.07) is 15.0. The molecule has 80 valence electrons. The van der Waals surface area contributed by atoms with Crippen LogP contribution in [-0.2, 0) is 0 Å². The number of carbonyl (C=O) groups is 1. The van der Waals surface area contributed by atoms with Gasteiger partial charge in [0.15, 0.2) is 12.4 Å². The smallest absolute Gasteiger partial charge is 0.230 e. The molecule has 0 fully saturated rings. The van der Waals surface area contributed by atoms with E-state index < -0.39 is 0 Å². The van der Waals surface area contributed by atoms with E-state index in [1.807, 2.05) is 72.4 Å². The largest absolute Gasteiger partial charge is 0.287 e. The fraction of sp³-hybridized carbons (Fsp3) is 0.143. The maximum absolute atomic E-state index is 12.1. The Balaban J connectivity index is 2.24. The van der Waals surface area contributed by atoms with Crippen molar-refractivity contribution in [3.8, 4) is 0 Å². The van der Waals surface area contributed by atoms with Gasteiger partial charge in [0.05, 0.1) is 0 Å². The normalized spacial score (nSPS) is 12.1. The minimum absolute atomic E-state index is 0.136. The minimum atomic E-state index is -0.163. The highest BCUT2D eigenvalue weighted by atomic mass is 16.1. The topological polar surface area (TPSA) is 20.9 Å². The molecule has 0 bridgehead atoms. The second-order valence-corrected chi connectivity index (χ2v) is 3.73. The van der Waals surface area contributed by atoms with E-state index in [-0.39, 0.29) is 11.8 Å². The van der Waals surface area contributed by atoms with Gasteiger partial charge in [0, 0.05) is 24.6 Å². The molecular weight excluding hydrogens is 198 g/mol. The molecule has 2 rings (SSSR count). The van der Waals surface area contributed by atoms with Crippen molar-refractivity contribution in [2.24, 2.45) is 0 Å². The van der Waals surface area contributed by atoms with E-state index in [9.17, 15) is 4.79 Å². The molecule has 2 aromatic rings. The van der Waals surface area contributed by atoms with E-state index in [2.05, 4.69) is 0 Å². The van der Waals surface area contributed by atoms with Crippen LogP contribution in [0.4, 0.5) is 0 Å². The van der Waals surface area contributed by atoms with E-state index in [0.717, 1.165) is 5.56 Å². The highest BCUT2D eigenvalue weighted by Crippen LogP contribution is 2.07. The highest BCUT2D eigenvalue weighted by molar-refractivity contribution is 5.97. The van der Waals surface area contributed by atoms with E-state index in [0.29, 0.717) is 0 Å².